The SMILES string of the molecule is CCC(C)C(=O)N(C)C(C)C(=O)O. The zero-order valence-corrected chi connectivity index (χ0v) is 8.57. The lowest BCUT2D eigenvalue weighted by Crippen LogP contribution is -2.42. The van der Waals surface area contributed by atoms with Crippen molar-refractivity contribution >= 4 is 11.9 Å². The molecule has 0 bridgehead atoms. The maximum absolute atomic E-state index is 11.5. The van der Waals surface area contributed by atoms with Crippen LogP contribution >= 0.6 is 0 Å². The van der Waals surface area contributed by atoms with Gasteiger partial charge in [-0.15, -0.1) is 0 Å². The smallest absolute Gasteiger partial charge is 0.326 e. The van der Waals surface area contributed by atoms with Crippen molar-refractivity contribution in [1.29, 1.82) is 0 Å². The van der Waals surface area contributed by atoms with E-state index in [4.69, 9.17) is 5.11 Å². The number of nitrogens with zero attached hydrogens (tertiary/aromatic N) is 1. The van der Waals surface area contributed by atoms with Crippen molar-refractivity contribution < 1.29 is 14.7 Å². The van der Waals surface area contributed by atoms with Crippen molar-refractivity contribution in [2.75, 3.05) is 7.05 Å². The van der Waals surface area contributed by atoms with Crippen molar-refractivity contribution in [3.63, 3.8) is 0 Å². The van der Waals surface area contributed by atoms with Crippen molar-refractivity contribution in [2.45, 2.75) is 33.2 Å². The van der Waals surface area contributed by atoms with Crippen molar-refractivity contribution in [3.05, 3.63) is 0 Å². The van der Waals surface area contributed by atoms with Gasteiger partial charge in [-0.05, 0) is 13.3 Å². The average molecular weight is 187 g/mol. The number of hydrogen-bond donors (Lipinski definition) is 1. The Hall–Kier alpha value is -1.06. The van der Waals surface area contributed by atoms with Gasteiger partial charge in [0.2, 0.25) is 5.91 Å². The Morgan fingerprint density at radius 1 is 1.38 bits per heavy atom. The number of rotatable bonds is 4. The molecule has 0 aromatic rings. The van der Waals surface area contributed by atoms with Gasteiger partial charge in [0, 0.05) is 13.0 Å². The summed E-state index contributed by atoms with van der Waals surface area (Å²) in [6.07, 6.45) is 0.732. The van der Waals surface area contributed by atoms with Gasteiger partial charge in [-0.3, -0.25) is 4.79 Å². The topological polar surface area (TPSA) is 57.6 Å². The second-order valence-electron chi connectivity index (χ2n) is 3.27. The molecule has 1 N–H and O–H groups in total. The zero-order valence-electron chi connectivity index (χ0n) is 8.57. The highest BCUT2D eigenvalue weighted by molar-refractivity contribution is 5.84. The molecule has 76 valence electrons. The van der Waals surface area contributed by atoms with E-state index >= 15 is 0 Å². The summed E-state index contributed by atoms with van der Waals surface area (Å²) in [6, 6.07) is -0.749. The van der Waals surface area contributed by atoms with Gasteiger partial charge < -0.3 is 10.0 Å². The van der Waals surface area contributed by atoms with Gasteiger partial charge in [0.05, 0.1) is 0 Å². The third-order valence-corrected chi connectivity index (χ3v) is 2.32. The van der Waals surface area contributed by atoms with Crippen LogP contribution in [-0.4, -0.2) is 35.0 Å². The van der Waals surface area contributed by atoms with Crippen LogP contribution in [0.15, 0.2) is 0 Å². The van der Waals surface area contributed by atoms with E-state index in [9.17, 15) is 9.59 Å². The number of carboxylic acids is 1. The third-order valence-electron chi connectivity index (χ3n) is 2.32. The summed E-state index contributed by atoms with van der Waals surface area (Å²) in [5, 5.41) is 8.66. The fourth-order valence-corrected chi connectivity index (χ4v) is 0.879. The van der Waals surface area contributed by atoms with Gasteiger partial charge in [-0.1, -0.05) is 13.8 Å². The third kappa shape index (κ3) is 3.05. The lowest BCUT2D eigenvalue weighted by atomic mass is 10.1. The number of carbonyl (C=O) groups is 2. The Morgan fingerprint density at radius 2 is 1.85 bits per heavy atom. The molecular formula is C9H17NO3. The molecule has 0 aromatic carbocycles. The van der Waals surface area contributed by atoms with E-state index in [0.29, 0.717) is 0 Å². The molecule has 0 rings (SSSR count). The van der Waals surface area contributed by atoms with Crippen LogP contribution in [0.5, 0.6) is 0 Å². The summed E-state index contributed by atoms with van der Waals surface area (Å²) in [6.45, 7) is 5.21. The lowest BCUT2D eigenvalue weighted by Gasteiger charge is -2.24. The summed E-state index contributed by atoms with van der Waals surface area (Å²) >= 11 is 0. The fourth-order valence-electron chi connectivity index (χ4n) is 0.879. The van der Waals surface area contributed by atoms with Crippen LogP contribution in [0.2, 0.25) is 0 Å². The van der Waals surface area contributed by atoms with Crippen LogP contribution in [0.4, 0.5) is 0 Å². The molecular weight excluding hydrogens is 170 g/mol. The predicted octanol–water partition coefficient (Wildman–Crippen LogP) is 0.964. The first-order chi connectivity index (χ1) is 5.91. The Kier molecular flexibility index (Phi) is 4.45. The van der Waals surface area contributed by atoms with Gasteiger partial charge in [0.25, 0.3) is 0 Å². The molecule has 0 spiro atoms. The predicted molar refractivity (Wildman–Crippen MR) is 49.3 cm³/mol. The minimum absolute atomic E-state index is 0.105. The molecule has 0 aliphatic carbocycles. The molecule has 0 saturated carbocycles. The average Bonchev–Trinajstić information content (AvgIpc) is 2.12. The van der Waals surface area contributed by atoms with Crippen LogP contribution in [0.25, 0.3) is 0 Å². The van der Waals surface area contributed by atoms with Crippen LogP contribution in [0.3, 0.4) is 0 Å². The highest BCUT2D eigenvalue weighted by Gasteiger charge is 2.24. The Bertz CT molecular complexity index is 203. The highest BCUT2D eigenvalue weighted by Crippen LogP contribution is 2.07. The zero-order chi connectivity index (χ0) is 10.6. The highest BCUT2D eigenvalue weighted by atomic mass is 16.4. The number of carbonyl (C=O) groups excluding carboxylic acids is 1. The number of carboxylic acid groups (broad SMARTS) is 1. The largest absolute Gasteiger partial charge is 0.480 e. The molecule has 0 aromatic heterocycles. The van der Waals surface area contributed by atoms with Crippen LogP contribution < -0.4 is 0 Å². The lowest BCUT2D eigenvalue weighted by molar-refractivity contribution is -0.149. The molecule has 2 unspecified atom stereocenters. The van der Waals surface area contributed by atoms with Gasteiger partial charge in [0.1, 0.15) is 6.04 Å². The maximum Gasteiger partial charge on any atom is 0.326 e. The minimum atomic E-state index is -0.973. The summed E-state index contributed by atoms with van der Waals surface area (Å²) < 4.78 is 0. The summed E-state index contributed by atoms with van der Waals surface area (Å²) in [5.74, 6) is -1.19. The quantitative estimate of drug-likeness (QED) is 0.713. The van der Waals surface area contributed by atoms with E-state index in [2.05, 4.69) is 0 Å². The Labute approximate surface area is 78.5 Å². The number of hydrogen-bond acceptors (Lipinski definition) is 2. The van der Waals surface area contributed by atoms with Crippen molar-refractivity contribution in [2.24, 2.45) is 5.92 Å². The molecule has 0 saturated heterocycles. The minimum Gasteiger partial charge on any atom is -0.480 e. The molecule has 0 aliphatic rings. The van der Waals surface area contributed by atoms with Gasteiger partial charge in [0.15, 0.2) is 0 Å². The molecule has 4 heteroatoms. The first-order valence-corrected chi connectivity index (χ1v) is 4.41. The Morgan fingerprint density at radius 3 is 2.15 bits per heavy atom. The van der Waals surface area contributed by atoms with Crippen LogP contribution in [0, 0.1) is 5.92 Å². The number of amides is 1. The second-order valence-corrected chi connectivity index (χ2v) is 3.27. The van der Waals surface area contributed by atoms with E-state index in [1.807, 2.05) is 6.92 Å². The summed E-state index contributed by atoms with van der Waals surface area (Å²) in [4.78, 5) is 23.3. The number of aliphatic carboxylic acids is 1. The molecule has 0 heterocycles. The molecule has 13 heavy (non-hydrogen) atoms. The molecule has 0 radical (unpaired) electrons. The first-order valence-electron chi connectivity index (χ1n) is 4.41. The number of likely N-dealkylation sites (N-methyl/N-ethyl adjacent to an activating group) is 1. The molecule has 2 atom stereocenters. The van der Waals surface area contributed by atoms with Crippen molar-refractivity contribution in [3.8, 4) is 0 Å². The van der Waals surface area contributed by atoms with Crippen molar-refractivity contribution in [1.82, 2.24) is 4.90 Å². The van der Waals surface area contributed by atoms with Gasteiger partial charge >= 0.3 is 5.97 Å². The van der Waals surface area contributed by atoms with E-state index in [1.165, 1.54) is 18.9 Å². The van der Waals surface area contributed by atoms with Crippen LogP contribution in [-0.2, 0) is 9.59 Å². The van der Waals surface area contributed by atoms with E-state index in [1.54, 1.807) is 6.92 Å². The van der Waals surface area contributed by atoms with E-state index < -0.39 is 12.0 Å². The maximum atomic E-state index is 11.5. The monoisotopic (exact) mass is 187 g/mol. The second kappa shape index (κ2) is 4.84. The normalized spacial score (nSPS) is 14.8. The standard InChI is InChI=1S/C9H17NO3/c1-5-6(2)8(11)10(4)7(3)9(12)13/h6-7H,5H2,1-4H3,(H,12,13). The molecule has 4 nitrogen and oxygen atoms in total. The summed E-state index contributed by atoms with van der Waals surface area (Å²) in [5.41, 5.74) is 0. The fraction of sp³-hybridized carbons (Fsp3) is 0.778. The van der Waals surface area contributed by atoms with E-state index in [0.717, 1.165) is 6.42 Å². The summed E-state index contributed by atoms with van der Waals surface area (Å²) in [7, 11) is 1.52. The molecule has 0 fully saturated rings. The Balaban J connectivity index is 4.33. The first kappa shape index (κ1) is 11.9. The van der Waals surface area contributed by atoms with E-state index in [-0.39, 0.29) is 11.8 Å². The van der Waals surface area contributed by atoms with Gasteiger partial charge in [-0.25, -0.2) is 4.79 Å². The van der Waals surface area contributed by atoms with Crippen LogP contribution in [0.1, 0.15) is 27.2 Å². The molecule has 1 amide bonds. The van der Waals surface area contributed by atoms with Gasteiger partial charge in [-0.2, -0.15) is 0 Å². The molecule has 0 aliphatic heterocycles.